The van der Waals surface area contributed by atoms with E-state index in [-0.39, 0.29) is 0 Å². The zero-order chi connectivity index (χ0) is 9.84. The molecule has 0 bridgehead atoms. The number of hydrogen-bond donors (Lipinski definition) is 0. The monoisotopic (exact) mass is 193 g/mol. The van der Waals surface area contributed by atoms with Crippen LogP contribution in [-0.4, -0.2) is 25.3 Å². The normalized spacial score (nSPS) is 9.38. The van der Waals surface area contributed by atoms with Gasteiger partial charge in [-0.1, -0.05) is 0 Å². The van der Waals surface area contributed by atoms with Crippen LogP contribution in [-0.2, 0) is 0 Å². The summed E-state index contributed by atoms with van der Waals surface area (Å²) in [4.78, 5) is 6.96. The van der Waals surface area contributed by atoms with Crippen molar-refractivity contribution in [2.24, 2.45) is 0 Å². The maximum Gasteiger partial charge on any atom is 0.154 e. The Kier molecular flexibility index (Phi) is 3.15. The molecule has 0 atom stereocenters. The van der Waals surface area contributed by atoms with Gasteiger partial charge in [0, 0.05) is 19.0 Å². The van der Waals surface area contributed by atoms with Crippen molar-refractivity contribution in [1.82, 2.24) is 4.98 Å². The van der Waals surface area contributed by atoms with Gasteiger partial charge < -0.3 is 4.90 Å². The van der Waals surface area contributed by atoms with E-state index >= 15 is 0 Å². The van der Waals surface area contributed by atoms with Crippen molar-refractivity contribution in [2.75, 3.05) is 25.3 Å². The molecule has 0 amide bonds. The highest BCUT2D eigenvalue weighted by atomic mass is 32.2. The first kappa shape index (κ1) is 9.87. The SMILES string of the molecule is CSc1cc(N(C)C)cnc1C#N. The molecule has 0 aromatic carbocycles. The molecule has 3 nitrogen and oxygen atoms in total. The first-order valence-electron chi connectivity index (χ1n) is 3.80. The number of pyridine rings is 1. The van der Waals surface area contributed by atoms with Gasteiger partial charge in [0.25, 0.3) is 0 Å². The summed E-state index contributed by atoms with van der Waals surface area (Å²) in [6, 6.07) is 4.03. The van der Waals surface area contributed by atoms with Crippen LogP contribution < -0.4 is 4.90 Å². The first-order chi connectivity index (χ1) is 6.19. The third-order valence-corrected chi connectivity index (χ3v) is 2.43. The van der Waals surface area contributed by atoms with Crippen molar-refractivity contribution >= 4 is 17.4 Å². The summed E-state index contributed by atoms with van der Waals surface area (Å²) in [5.74, 6) is 0. The summed E-state index contributed by atoms with van der Waals surface area (Å²) >= 11 is 1.54. The minimum Gasteiger partial charge on any atom is -0.376 e. The minimum atomic E-state index is 0.498. The van der Waals surface area contributed by atoms with Gasteiger partial charge in [-0.3, -0.25) is 0 Å². The predicted octanol–water partition coefficient (Wildman–Crippen LogP) is 1.74. The van der Waals surface area contributed by atoms with Gasteiger partial charge in [-0.25, -0.2) is 4.98 Å². The van der Waals surface area contributed by atoms with E-state index in [1.54, 1.807) is 6.20 Å². The van der Waals surface area contributed by atoms with E-state index in [1.807, 2.05) is 31.3 Å². The van der Waals surface area contributed by atoms with Crippen LogP contribution in [0.4, 0.5) is 5.69 Å². The summed E-state index contributed by atoms with van der Waals surface area (Å²) in [6.07, 6.45) is 3.65. The lowest BCUT2D eigenvalue weighted by Gasteiger charge is -2.12. The van der Waals surface area contributed by atoms with Crippen LogP contribution in [0.15, 0.2) is 17.2 Å². The van der Waals surface area contributed by atoms with Gasteiger partial charge >= 0.3 is 0 Å². The van der Waals surface area contributed by atoms with Crippen LogP contribution in [0, 0.1) is 11.3 Å². The fourth-order valence-electron chi connectivity index (χ4n) is 0.918. The Morgan fingerprint density at radius 2 is 2.23 bits per heavy atom. The lowest BCUT2D eigenvalue weighted by atomic mass is 10.3. The molecule has 0 spiro atoms. The average Bonchev–Trinajstić information content (AvgIpc) is 2.16. The van der Waals surface area contributed by atoms with E-state index in [1.165, 1.54) is 11.8 Å². The molecular formula is C9H11N3S. The second-order valence-electron chi connectivity index (χ2n) is 2.75. The highest BCUT2D eigenvalue weighted by Gasteiger charge is 2.04. The summed E-state index contributed by atoms with van der Waals surface area (Å²) in [6.45, 7) is 0. The molecule has 0 radical (unpaired) electrons. The smallest absolute Gasteiger partial charge is 0.154 e. The van der Waals surface area contributed by atoms with Crippen molar-refractivity contribution in [3.05, 3.63) is 18.0 Å². The van der Waals surface area contributed by atoms with Gasteiger partial charge in [0.2, 0.25) is 0 Å². The Hall–Kier alpha value is -1.21. The summed E-state index contributed by atoms with van der Waals surface area (Å²) in [7, 11) is 3.90. The molecule has 0 unspecified atom stereocenters. The Balaban J connectivity index is 3.15. The lowest BCUT2D eigenvalue weighted by molar-refractivity contribution is 1.08. The van der Waals surface area contributed by atoms with E-state index in [2.05, 4.69) is 11.1 Å². The number of hydrogen-bond acceptors (Lipinski definition) is 4. The van der Waals surface area contributed by atoms with Crippen LogP contribution in [0.1, 0.15) is 5.69 Å². The molecule has 0 saturated carbocycles. The van der Waals surface area contributed by atoms with E-state index in [0.717, 1.165) is 10.6 Å². The molecule has 0 aliphatic rings. The molecule has 4 heteroatoms. The number of nitriles is 1. The van der Waals surface area contributed by atoms with E-state index in [9.17, 15) is 0 Å². The summed E-state index contributed by atoms with van der Waals surface area (Å²) < 4.78 is 0. The molecule has 1 heterocycles. The van der Waals surface area contributed by atoms with Crippen LogP contribution in [0.5, 0.6) is 0 Å². The maximum absolute atomic E-state index is 8.74. The third kappa shape index (κ3) is 2.13. The van der Waals surface area contributed by atoms with Gasteiger partial charge in [-0.15, -0.1) is 11.8 Å². The molecule has 0 fully saturated rings. The van der Waals surface area contributed by atoms with Crippen molar-refractivity contribution in [3.8, 4) is 6.07 Å². The van der Waals surface area contributed by atoms with Crippen LogP contribution >= 0.6 is 11.8 Å². The summed E-state index contributed by atoms with van der Waals surface area (Å²) in [5.41, 5.74) is 1.52. The van der Waals surface area contributed by atoms with E-state index in [0.29, 0.717) is 5.69 Å². The number of anilines is 1. The van der Waals surface area contributed by atoms with E-state index < -0.39 is 0 Å². The van der Waals surface area contributed by atoms with Gasteiger partial charge in [-0.2, -0.15) is 5.26 Å². The van der Waals surface area contributed by atoms with Crippen molar-refractivity contribution in [2.45, 2.75) is 4.90 Å². The molecule has 13 heavy (non-hydrogen) atoms. The van der Waals surface area contributed by atoms with Crippen LogP contribution in [0.2, 0.25) is 0 Å². The zero-order valence-corrected chi connectivity index (χ0v) is 8.72. The Labute approximate surface area is 82.4 Å². The maximum atomic E-state index is 8.74. The van der Waals surface area contributed by atoms with Gasteiger partial charge in [-0.05, 0) is 12.3 Å². The fraction of sp³-hybridized carbons (Fsp3) is 0.333. The quantitative estimate of drug-likeness (QED) is 0.671. The Bertz CT molecular complexity index is 341. The van der Waals surface area contributed by atoms with Crippen molar-refractivity contribution in [3.63, 3.8) is 0 Å². The first-order valence-corrected chi connectivity index (χ1v) is 5.03. The molecule has 1 rings (SSSR count). The third-order valence-electron chi connectivity index (χ3n) is 1.68. The van der Waals surface area contributed by atoms with Crippen LogP contribution in [0.25, 0.3) is 0 Å². The van der Waals surface area contributed by atoms with Gasteiger partial charge in [0.1, 0.15) is 6.07 Å². The predicted molar refractivity (Wildman–Crippen MR) is 55.1 cm³/mol. The Morgan fingerprint density at radius 1 is 1.54 bits per heavy atom. The van der Waals surface area contributed by atoms with Crippen molar-refractivity contribution < 1.29 is 0 Å². The molecule has 68 valence electrons. The standard InChI is InChI=1S/C9H11N3S/c1-12(2)7-4-9(13-3)8(5-10)11-6-7/h4,6H,1-3H3. The second kappa shape index (κ2) is 4.15. The molecule has 0 aliphatic heterocycles. The van der Waals surface area contributed by atoms with Crippen molar-refractivity contribution in [1.29, 1.82) is 5.26 Å². The molecule has 0 aliphatic carbocycles. The van der Waals surface area contributed by atoms with Gasteiger partial charge in [0.15, 0.2) is 5.69 Å². The van der Waals surface area contributed by atoms with E-state index in [4.69, 9.17) is 5.26 Å². The minimum absolute atomic E-state index is 0.498. The summed E-state index contributed by atoms with van der Waals surface area (Å²) in [5, 5.41) is 8.74. The number of rotatable bonds is 2. The molecule has 1 aromatic heterocycles. The highest BCUT2D eigenvalue weighted by Crippen LogP contribution is 2.22. The highest BCUT2D eigenvalue weighted by molar-refractivity contribution is 7.98. The molecule has 1 aromatic rings. The second-order valence-corrected chi connectivity index (χ2v) is 3.60. The number of nitrogens with zero attached hydrogens (tertiary/aromatic N) is 3. The fourth-order valence-corrected chi connectivity index (χ4v) is 1.45. The van der Waals surface area contributed by atoms with Crippen LogP contribution in [0.3, 0.4) is 0 Å². The largest absolute Gasteiger partial charge is 0.376 e. The Morgan fingerprint density at radius 3 is 2.69 bits per heavy atom. The molecule has 0 saturated heterocycles. The molecular weight excluding hydrogens is 182 g/mol. The average molecular weight is 193 g/mol. The lowest BCUT2D eigenvalue weighted by Crippen LogP contribution is -2.09. The zero-order valence-electron chi connectivity index (χ0n) is 7.90. The molecule has 0 N–H and O–H groups in total. The number of aromatic nitrogens is 1. The van der Waals surface area contributed by atoms with Gasteiger partial charge in [0.05, 0.1) is 11.9 Å². The topological polar surface area (TPSA) is 39.9 Å². The number of thioether (sulfide) groups is 1.